The lowest BCUT2D eigenvalue weighted by atomic mass is 10.00. The third-order valence-electron chi connectivity index (χ3n) is 7.00. The highest BCUT2D eigenvalue weighted by Crippen LogP contribution is 2.34. The molecule has 3 aromatic rings. The van der Waals surface area contributed by atoms with Gasteiger partial charge in [-0.3, -0.25) is 9.59 Å². The second-order valence-electron chi connectivity index (χ2n) is 9.60. The molecule has 0 radical (unpaired) electrons. The summed E-state index contributed by atoms with van der Waals surface area (Å²) in [6.07, 6.45) is 2.62. The fourth-order valence-corrected chi connectivity index (χ4v) is 6.02. The highest BCUT2D eigenvalue weighted by atomic mass is 35.5. The number of aryl methyl sites for hydroxylation is 1. The number of amides is 2. The first-order valence-electron chi connectivity index (χ1n) is 12.7. The lowest BCUT2D eigenvalue weighted by Gasteiger charge is -2.37. The molecule has 6 nitrogen and oxygen atoms in total. The Morgan fingerprint density at radius 3 is 2.65 bits per heavy atom. The number of nitrogens with zero attached hydrogens (tertiary/aromatic N) is 2. The van der Waals surface area contributed by atoms with Crippen molar-refractivity contribution in [1.82, 2.24) is 9.80 Å². The molecular weight excluding hydrogens is 508 g/mol. The summed E-state index contributed by atoms with van der Waals surface area (Å²) in [7, 11) is 0. The predicted molar refractivity (Wildman–Crippen MR) is 145 cm³/mol. The Labute approximate surface area is 226 Å². The minimum Gasteiger partial charge on any atom is -0.491 e. The molecule has 5 rings (SSSR count). The summed E-state index contributed by atoms with van der Waals surface area (Å²) in [5.41, 5.74) is 2.79. The molecule has 0 spiro atoms. The second-order valence-corrected chi connectivity index (χ2v) is 11.0. The molecule has 8 heteroatoms. The van der Waals surface area contributed by atoms with E-state index in [9.17, 15) is 9.59 Å². The van der Waals surface area contributed by atoms with Crippen molar-refractivity contribution in [3.05, 3.63) is 86.6 Å². The van der Waals surface area contributed by atoms with E-state index >= 15 is 0 Å². The molecule has 1 aromatic heterocycles. The van der Waals surface area contributed by atoms with Crippen molar-refractivity contribution in [1.29, 1.82) is 0 Å². The highest BCUT2D eigenvalue weighted by molar-refractivity contribution is 7.10. The number of carbonyl (C=O) groups is 2. The van der Waals surface area contributed by atoms with Crippen molar-refractivity contribution in [2.75, 3.05) is 32.8 Å². The lowest BCUT2D eigenvalue weighted by Crippen LogP contribution is -2.49. The van der Waals surface area contributed by atoms with Crippen LogP contribution in [-0.4, -0.2) is 60.6 Å². The van der Waals surface area contributed by atoms with Crippen molar-refractivity contribution < 1.29 is 19.1 Å². The van der Waals surface area contributed by atoms with E-state index in [2.05, 4.69) is 11.4 Å². The standard InChI is InChI=1S/C29H31ClN2O4S/c1-20-4-6-21(7-5-20)29(34)31(17-24-3-2-15-35-24)18-28(33)32-14-12-27-25(13-16-37-27)26(32)19-36-23-10-8-22(30)9-11-23/h4-11,13,16,24,26H,2-3,12,14-15,17-19H2,1H3/t24-,26-/m0/s1. The van der Waals surface area contributed by atoms with Gasteiger partial charge >= 0.3 is 0 Å². The van der Waals surface area contributed by atoms with Gasteiger partial charge in [-0.25, -0.2) is 0 Å². The molecule has 1 saturated heterocycles. The number of hydrogen-bond acceptors (Lipinski definition) is 5. The zero-order chi connectivity index (χ0) is 25.8. The molecular formula is C29H31ClN2O4S. The van der Waals surface area contributed by atoms with Crippen LogP contribution in [0.15, 0.2) is 60.0 Å². The van der Waals surface area contributed by atoms with E-state index < -0.39 is 0 Å². The first-order valence-corrected chi connectivity index (χ1v) is 14.0. The third-order valence-corrected chi connectivity index (χ3v) is 8.25. The Kier molecular flexibility index (Phi) is 8.13. The second kappa shape index (κ2) is 11.7. The average molecular weight is 539 g/mol. The van der Waals surface area contributed by atoms with Gasteiger partial charge in [-0.1, -0.05) is 29.3 Å². The van der Waals surface area contributed by atoms with Gasteiger partial charge in [0.25, 0.3) is 5.91 Å². The van der Waals surface area contributed by atoms with Gasteiger partial charge in [0.15, 0.2) is 0 Å². The normalized spacial score (nSPS) is 18.9. The van der Waals surface area contributed by atoms with E-state index in [0.29, 0.717) is 42.6 Å². The summed E-state index contributed by atoms with van der Waals surface area (Å²) in [4.78, 5) is 32.1. The Balaban J connectivity index is 1.34. The number of carbonyl (C=O) groups excluding carboxylic acids is 2. The zero-order valence-corrected chi connectivity index (χ0v) is 22.5. The van der Waals surface area contributed by atoms with Crippen LogP contribution in [-0.2, 0) is 16.0 Å². The maximum absolute atomic E-state index is 13.8. The summed E-state index contributed by atoms with van der Waals surface area (Å²) in [5.74, 6) is 0.472. The summed E-state index contributed by atoms with van der Waals surface area (Å²) >= 11 is 7.73. The molecule has 37 heavy (non-hydrogen) atoms. The first kappa shape index (κ1) is 25.8. The number of hydrogen-bond donors (Lipinski definition) is 0. The number of halogens is 1. The van der Waals surface area contributed by atoms with Gasteiger partial charge in [0.1, 0.15) is 18.9 Å². The van der Waals surface area contributed by atoms with E-state index in [0.717, 1.165) is 30.4 Å². The average Bonchev–Trinajstić information content (AvgIpc) is 3.60. The Hall–Kier alpha value is -2.87. The fraction of sp³-hybridized carbons (Fsp3) is 0.379. The van der Waals surface area contributed by atoms with Crippen LogP contribution in [0.2, 0.25) is 5.02 Å². The molecule has 0 aliphatic carbocycles. The van der Waals surface area contributed by atoms with Crippen LogP contribution in [0.1, 0.15) is 45.2 Å². The fourth-order valence-electron chi connectivity index (χ4n) is 4.97. The van der Waals surface area contributed by atoms with Crippen LogP contribution in [0, 0.1) is 6.92 Å². The van der Waals surface area contributed by atoms with Gasteiger partial charge in [-0.05, 0) is 79.6 Å². The van der Waals surface area contributed by atoms with Gasteiger partial charge in [0.2, 0.25) is 5.91 Å². The van der Waals surface area contributed by atoms with Crippen molar-refractivity contribution in [3.8, 4) is 5.75 Å². The van der Waals surface area contributed by atoms with Crippen molar-refractivity contribution in [3.63, 3.8) is 0 Å². The van der Waals surface area contributed by atoms with Gasteiger partial charge in [-0.2, -0.15) is 0 Å². The minimum atomic E-state index is -0.225. The van der Waals surface area contributed by atoms with Gasteiger partial charge in [0.05, 0.1) is 12.1 Å². The number of thiophene rings is 1. The quantitative estimate of drug-likeness (QED) is 0.378. The number of benzene rings is 2. The molecule has 0 unspecified atom stereocenters. The molecule has 0 saturated carbocycles. The van der Waals surface area contributed by atoms with Crippen LogP contribution < -0.4 is 4.74 Å². The Morgan fingerprint density at radius 1 is 1.14 bits per heavy atom. The molecule has 3 heterocycles. The van der Waals surface area contributed by atoms with Crippen molar-refractivity contribution in [2.45, 2.75) is 38.3 Å². The number of ether oxygens (including phenoxy) is 2. The molecule has 2 amide bonds. The summed E-state index contributed by atoms with van der Waals surface area (Å²) in [6.45, 7) is 4.01. The maximum Gasteiger partial charge on any atom is 0.254 e. The van der Waals surface area contributed by atoms with Gasteiger partial charge in [-0.15, -0.1) is 11.3 Å². The minimum absolute atomic E-state index is 0.00346. The maximum atomic E-state index is 13.8. The van der Waals surface area contributed by atoms with E-state index in [1.54, 1.807) is 28.4 Å². The molecule has 2 aliphatic rings. The van der Waals surface area contributed by atoms with E-state index in [-0.39, 0.29) is 30.5 Å². The molecule has 194 valence electrons. The molecule has 2 atom stereocenters. The van der Waals surface area contributed by atoms with Crippen LogP contribution in [0.4, 0.5) is 0 Å². The molecule has 0 N–H and O–H groups in total. The third kappa shape index (κ3) is 6.17. The first-order chi connectivity index (χ1) is 18.0. The van der Waals surface area contributed by atoms with Crippen molar-refractivity contribution in [2.24, 2.45) is 0 Å². The summed E-state index contributed by atoms with van der Waals surface area (Å²) in [5, 5.41) is 2.71. The van der Waals surface area contributed by atoms with E-state index in [4.69, 9.17) is 21.1 Å². The van der Waals surface area contributed by atoms with Crippen molar-refractivity contribution >= 4 is 34.8 Å². The van der Waals surface area contributed by atoms with Crippen LogP contribution in [0.5, 0.6) is 5.75 Å². The van der Waals surface area contributed by atoms with Crippen LogP contribution >= 0.6 is 22.9 Å². The summed E-state index contributed by atoms with van der Waals surface area (Å²) < 4.78 is 11.9. The highest BCUT2D eigenvalue weighted by Gasteiger charge is 2.34. The Morgan fingerprint density at radius 2 is 1.92 bits per heavy atom. The molecule has 0 bridgehead atoms. The number of fused-ring (bicyclic) bond motifs is 1. The monoisotopic (exact) mass is 538 g/mol. The topological polar surface area (TPSA) is 59.1 Å². The number of rotatable bonds is 8. The van der Waals surface area contributed by atoms with E-state index in [1.165, 1.54) is 4.88 Å². The SMILES string of the molecule is Cc1ccc(C(=O)N(CC(=O)N2CCc3sccc3[C@@H]2COc2ccc(Cl)cc2)C[C@@H]2CCCO2)cc1. The van der Waals surface area contributed by atoms with Crippen LogP contribution in [0.3, 0.4) is 0 Å². The molecule has 1 fully saturated rings. The predicted octanol–water partition coefficient (Wildman–Crippen LogP) is 5.54. The zero-order valence-electron chi connectivity index (χ0n) is 20.9. The largest absolute Gasteiger partial charge is 0.491 e. The molecule has 2 aliphatic heterocycles. The smallest absolute Gasteiger partial charge is 0.254 e. The van der Waals surface area contributed by atoms with Crippen LogP contribution in [0.25, 0.3) is 0 Å². The lowest BCUT2D eigenvalue weighted by molar-refractivity contribution is -0.135. The summed E-state index contributed by atoms with van der Waals surface area (Å²) in [6, 6.07) is 16.6. The molecule has 2 aromatic carbocycles. The van der Waals surface area contributed by atoms with E-state index in [1.807, 2.05) is 48.2 Å². The van der Waals surface area contributed by atoms with Gasteiger partial charge in [0, 0.05) is 35.2 Å². The Bertz CT molecular complexity index is 1220. The van der Waals surface area contributed by atoms with Gasteiger partial charge < -0.3 is 19.3 Å².